The van der Waals surface area contributed by atoms with Gasteiger partial charge in [0.15, 0.2) is 11.3 Å². The Labute approximate surface area is 219 Å². The molecule has 200 valence electrons. The average molecular weight is 524 g/mol. The minimum atomic E-state index is -1.21. The van der Waals surface area contributed by atoms with Crippen LogP contribution in [0, 0.1) is 12.7 Å². The van der Waals surface area contributed by atoms with Crippen LogP contribution in [0.4, 0.5) is 4.39 Å². The molecule has 2 heterocycles. The number of halogens is 1. The van der Waals surface area contributed by atoms with Crippen molar-refractivity contribution >= 4 is 23.5 Å². The maximum atomic E-state index is 13.2. The van der Waals surface area contributed by atoms with E-state index in [2.05, 4.69) is 20.1 Å². The molecule has 0 aliphatic carbocycles. The molecule has 1 amide bonds. The molecule has 38 heavy (non-hydrogen) atoms. The van der Waals surface area contributed by atoms with Crippen LogP contribution >= 0.6 is 0 Å². The summed E-state index contributed by atoms with van der Waals surface area (Å²) in [6.45, 7) is 3.70. The van der Waals surface area contributed by atoms with Gasteiger partial charge in [0.05, 0.1) is 18.9 Å². The van der Waals surface area contributed by atoms with Crippen LogP contribution in [0.5, 0.6) is 0 Å². The van der Waals surface area contributed by atoms with Gasteiger partial charge >= 0.3 is 11.9 Å². The molecule has 4 aromatic rings. The number of carboxylic acid groups (broad SMARTS) is 1. The second-order valence-electron chi connectivity index (χ2n) is 8.10. The fourth-order valence-corrected chi connectivity index (χ4v) is 3.31. The summed E-state index contributed by atoms with van der Waals surface area (Å²) in [4.78, 5) is 38.6. The van der Waals surface area contributed by atoms with Crippen molar-refractivity contribution < 1.29 is 28.6 Å². The Morgan fingerprint density at radius 1 is 1.13 bits per heavy atom. The fourth-order valence-electron chi connectivity index (χ4n) is 3.31. The zero-order valence-electron chi connectivity index (χ0n) is 20.4. The van der Waals surface area contributed by atoms with Gasteiger partial charge in [-0.05, 0) is 48.7 Å². The molecule has 0 saturated carbocycles. The number of nitrogens with zero attached hydrogens (tertiary/aromatic N) is 3. The largest absolute Gasteiger partial charge is 0.477 e. The minimum absolute atomic E-state index is 0. The van der Waals surface area contributed by atoms with Gasteiger partial charge in [-0.3, -0.25) is 4.79 Å². The number of carbonyl (C=O) groups excluding carboxylic acids is 2. The van der Waals surface area contributed by atoms with E-state index < -0.39 is 11.9 Å². The number of nitrogens with two attached hydrogens (primary N) is 1. The molecule has 0 fully saturated rings. The third-order valence-corrected chi connectivity index (χ3v) is 5.34. The summed E-state index contributed by atoms with van der Waals surface area (Å²) in [5.74, 6) is -2.38. The van der Waals surface area contributed by atoms with Crippen molar-refractivity contribution in [3.8, 4) is 0 Å². The van der Waals surface area contributed by atoms with Gasteiger partial charge in [0.25, 0.3) is 5.91 Å². The Bertz CT molecular complexity index is 1430. The summed E-state index contributed by atoms with van der Waals surface area (Å²) < 4.78 is 18.9. The number of carbonyl (C=O) groups is 3. The Morgan fingerprint density at radius 2 is 1.82 bits per heavy atom. The van der Waals surface area contributed by atoms with E-state index in [1.54, 1.807) is 31.2 Å². The highest BCUT2D eigenvalue weighted by Gasteiger charge is 2.16. The van der Waals surface area contributed by atoms with E-state index in [0.29, 0.717) is 11.1 Å². The number of nitrogens with one attached hydrogen (secondary N) is 1. The van der Waals surface area contributed by atoms with Gasteiger partial charge in [-0.1, -0.05) is 31.7 Å². The van der Waals surface area contributed by atoms with Crippen molar-refractivity contribution in [2.45, 2.75) is 33.9 Å². The van der Waals surface area contributed by atoms with Crippen LogP contribution < -0.4 is 11.1 Å². The highest BCUT2D eigenvalue weighted by molar-refractivity contribution is 5.96. The summed E-state index contributed by atoms with van der Waals surface area (Å²) in [6, 6.07) is 14.3. The standard InChI is InChI=1S/C16H13FN4O3.C10H13NO2.CH4/c1-9-6-10(2-3-11(9)17)8-18-15(22)12-7-13(16(23)24)21-14(20-12)4-5-19-21;1-7(11)8-3-5-9(6-4-8)10(12)13-2;/h2-7H,8H2,1H3,(H,18,22)(H,23,24);3-7H,11H2,1-2H3;1H4/t;7-;/m.1./s1. The Morgan fingerprint density at radius 3 is 2.39 bits per heavy atom. The number of carboxylic acids is 1. The molecule has 0 aliphatic heterocycles. The zero-order chi connectivity index (χ0) is 27.1. The molecular weight excluding hydrogens is 493 g/mol. The summed E-state index contributed by atoms with van der Waals surface area (Å²) in [5, 5.41) is 15.7. The van der Waals surface area contributed by atoms with Crippen molar-refractivity contribution in [1.82, 2.24) is 19.9 Å². The van der Waals surface area contributed by atoms with Crippen LogP contribution in [0.2, 0.25) is 0 Å². The lowest BCUT2D eigenvalue weighted by atomic mass is 10.1. The molecule has 1 atom stereocenters. The van der Waals surface area contributed by atoms with E-state index in [1.165, 1.54) is 25.4 Å². The number of rotatable bonds is 6. The molecular formula is C27H30FN5O5. The molecule has 10 nitrogen and oxygen atoms in total. The number of methoxy groups -OCH3 is 1. The zero-order valence-corrected chi connectivity index (χ0v) is 20.4. The first-order valence-electron chi connectivity index (χ1n) is 11.2. The van der Waals surface area contributed by atoms with Crippen LogP contribution in [-0.4, -0.2) is 44.7 Å². The molecule has 0 unspecified atom stereocenters. The van der Waals surface area contributed by atoms with Crippen molar-refractivity contribution in [2.75, 3.05) is 7.11 Å². The van der Waals surface area contributed by atoms with Gasteiger partial charge in [-0.15, -0.1) is 0 Å². The minimum Gasteiger partial charge on any atom is -0.477 e. The second-order valence-corrected chi connectivity index (χ2v) is 8.10. The number of aromatic carboxylic acids is 1. The lowest BCUT2D eigenvalue weighted by molar-refractivity contribution is 0.0599. The number of aryl methyl sites for hydroxylation is 1. The molecule has 0 spiro atoms. The number of hydrogen-bond donors (Lipinski definition) is 3. The monoisotopic (exact) mass is 523 g/mol. The lowest BCUT2D eigenvalue weighted by Crippen LogP contribution is -2.25. The number of ether oxygens (including phenoxy) is 1. The van der Waals surface area contributed by atoms with E-state index in [-0.39, 0.29) is 48.8 Å². The van der Waals surface area contributed by atoms with Gasteiger partial charge in [-0.2, -0.15) is 5.10 Å². The first kappa shape index (κ1) is 29.6. The predicted octanol–water partition coefficient (Wildman–Crippen LogP) is 3.93. The summed E-state index contributed by atoms with van der Waals surface area (Å²) in [6.07, 6.45) is 1.40. The number of amides is 1. The highest BCUT2D eigenvalue weighted by Crippen LogP contribution is 2.12. The first-order valence-corrected chi connectivity index (χ1v) is 11.2. The normalized spacial score (nSPS) is 11.0. The summed E-state index contributed by atoms with van der Waals surface area (Å²) in [5.41, 5.74) is 8.49. The second kappa shape index (κ2) is 13.1. The lowest BCUT2D eigenvalue weighted by Gasteiger charge is -2.08. The van der Waals surface area contributed by atoms with Crippen molar-refractivity contribution in [3.63, 3.8) is 0 Å². The molecule has 0 saturated heterocycles. The van der Waals surface area contributed by atoms with Gasteiger partial charge in [0.1, 0.15) is 11.5 Å². The van der Waals surface area contributed by atoms with Crippen molar-refractivity contribution in [3.05, 3.63) is 100 Å². The molecule has 4 rings (SSSR count). The summed E-state index contributed by atoms with van der Waals surface area (Å²) >= 11 is 0. The topological polar surface area (TPSA) is 149 Å². The summed E-state index contributed by atoms with van der Waals surface area (Å²) in [7, 11) is 1.36. The molecule has 2 aromatic carbocycles. The van der Waals surface area contributed by atoms with Gasteiger partial charge in [0, 0.05) is 24.7 Å². The number of aromatic nitrogens is 3. The average Bonchev–Trinajstić information content (AvgIpc) is 3.37. The van der Waals surface area contributed by atoms with E-state index in [9.17, 15) is 23.9 Å². The fraction of sp³-hybridized carbons (Fsp3) is 0.222. The third kappa shape index (κ3) is 7.20. The van der Waals surface area contributed by atoms with E-state index in [4.69, 9.17) is 5.73 Å². The highest BCUT2D eigenvalue weighted by atomic mass is 19.1. The molecule has 0 bridgehead atoms. The number of hydrogen-bond acceptors (Lipinski definition) is 7. The Balaban J connectivity index is 0.000000309. The molecule has 11 heteroatoms. The Hall–Kier alpha value is -4.64. The number of benzene rings is 2. The number of esters is 1. The SMILES string of the molecule is C.COC(=O)c1ccc([C@@H](C)N)cc1.Cc1cc(CNC(=O)c2cc(C(=O)O)n3nccc3n2)ccc1F. The van der Waals surface area contributed by atoms with Gasteiger partial charge < -0.3 is 20.9 Å². The van der Waals surface area contributed by atoms with Crippen LogP contribution in [0.1, 0.15) is 68.4 Å². The van der Waals surface area contributed by atoms with Crippen molar-refractivity contribution in [1.29, 1.82) is 0 Å². The van der Waals surface area contributed by atoms with Crippen molar-refractivity contribution in [2.24, 2.45) is 5.73 Å². The van der Waals surface area contributed by atoms with Crippen LogP contribution in [0.15, 0.2) is 60.8 Å². The van der Waals surface area contributed by atoms with Crippen LogP contribution in [-0.2, 0) is 11.3 Å². The smallest absolute Gasteiger partial charge is 0.354 e. The van der Waals surface area contributed by atoms with E-state index in [0.717, 1.165) is 21.7 Å². The number of fused-ring (bicyclic) bond motifs is 1. The van der Waals surface area contributed by atoms with Gasteiger partial charge in [-0.25, -0.2) is 23.5 Å². The quantitative estimate of drug-likeness (QED) is 0.322. The van der Waals surface area contributed by atoms with Gasteiger partial charge in [0.2, 0.25) is 0 Å². The maximum absolute atomic E-state index is 13.2. The van der Waals surface area contributed by atoms with E-state index >= 15 is 0 Å². The van der Waals surface area contributed by atoms with E-state index in [1.807, 2.05) is 19.1 Å². The molecule has 0 radical (unpaired) electrons. The Kier molecular flexibility index (Phi) is 10.2. The maximum Gasteiger partial charge on any atom is 0.354 e. The predicted molar refractivity (Wildman–Crippen MR) is 139 cm³/mol. The third-order valence-electron chi connectivity index (χ3n) is 5.34. The molecule has 2 aromatic heterocycles. The molecule has 0 aliphatic rings. The first-order chi connectivity index (χ1) is 17.6. The molecule has 4 N–H and O–H groups in total. The van der Waals surface area contributed by atoms with Crippen LogP contribution in [0.25, 0.3) is 5.65 Å². The van der Waals surface area contributed by atoms with Crippen LogP contribution in [0.3, 0.4) is 0 Å².